The Kier molecular flexibility index (Phi) is 7.62. The molecule has 38 valence electrons. The zero-order valence-corrected chi connectivity index (χ0v) is 4.70. The fourth-order valence-corrected chi connectivity index (χ4v) is 0. The summed E-state index contributed by atoms with van der Waals surface area (Å²) in [5.41, 5.74) is 0. The summed E-state index contributed by atoms with van der Waals surface area (Å²) < 4.78 is 0. The molecule has 7 heavy (non-hydrogen) atoms. The van der Waals surface area contributed by atoms with E-state index in [2.05, 4.69) is 12.6 Å². The molecule has 0 saturated carbocycles. The first-order chi connectivity index (χ1) is 2.64. The Morgan fingerprint density at radius 3 is 1.71 bits per heavy atom. The topological polar surface area (TPSA) is 20.3 Å². The van der Waals surface area contributed by atoms with Crippen LogP contribution in [0, 0.1) is 0 Å². The Morgan fingerprint density at radius 1 is 1.57 bits per heavy atom. The molecule has 0 saturated heterocycles. The third kappa shape index (κ3) is 6.82. The zero-order valence-electron chi connectivity index (χ0n) is 3.80. The van der Waals surface area contributed by atoms with E-state index in [1.165, 1.54) is 4.90 Å². The Balaban J connectivity index is 0. The minimum atomic E-state index is -0.213. The summed E-state index contributed by atoms with van der Waals surface area (Å²) >= 11 is 3.48. The molecule has 0 aliphatic rings. The summed E-state index contributed by atoms with van der Waals surface area (Å²) in [6.45, 7) is 0. The van der Waals surface area contributed by atoms with Crippen molar-refractivity contribution in [1.82, 2.24) is 4.90 Å². The van der Waals surface area contributed by atoms with E-state index in [0.29, 0.717) is 0 Å². The fourth-order valence-electron chi connectivity index (χ4n) is 0. The molecule has 0 aliphatic heterocycles. The minimum absolute atomic E-state index is 0. The molecule has 0 atom stereocenters. The molecule has 0 rings (SSSR count). The van der Waals surface area contributed by atoms with Gasteiger partial charge in [-0.1, -0.05) is 12.6 Å². The van der Waals surface area contributed by atoms with E-state index in [4.69, 9.17) is 0 Å². The molecule has 0 unspecified atom stereocenters. The van der Waals surface area contributed by atoms with Crippen molar-refractivity contribution in [3.63, 3.8) is 0 Å². The van der Waals surface area contributed by atoms with Crippen LogP contribution in [0.1, 0.15) is 0 Å². The van der Waals surface area contributed by atoms with Crippen LogP contribution in [0.2, 0.25) is 0 Å². The van der Waals surface area contributed by atoms with E-state index in [1.807, 2.05) is 0 Å². The molecule has 0 aliphatic carbocycles. The van der Waals surface area contributed by atoms with Crippen molar-refractivity contribution in [2.75, 3.05) is 14.1 Å². The Labute approximate surface area is 71.0 Å². The summed E-state index contributed by atoms with van der Waals surface area (Å²) in [7, 11) is 3.30. The van der Waals surface area contributed by atoms with Crippen LogP contribution >= 0.6 is 12.6 Å². The van der Waals surface area contributed by atoms with Crippen LogP contribution < -0.4 is 0 Å². The predicted octanol–water partition coefficient (Wildman–Crippen LogP) is -0.0507. The van der Waals surface area contributed by atoms with E-state index < -0.39 is 0 Å². The van der Waals surface area contributed by atoms with Gasteiger partial charge in [0.25, 0.3) is 5.24 Å². The van der Waals surface area contributed by atoms with Gasteiger partial charge in [-0.3, -0.25) is 4.79 Å². The van der Waals surface area contributed by atoms with Crippen molar-refractivity contribution in [2.45, 2.75) is 0 Å². The van der Waals surface area contributed by atoms with Crippen molar-refractivity contribution in [2.24, 2.45) is 0 Å². The van der Waals surface area contributed by atoms with Crippen LogP contribution in [-0.2, 0) is 0 Å². The van der Waals surface area contributed by atoms with Crippen molar-refractivity contribution < 1.29 is 4.79 Å². The molecule has 4 heteroatoms. The number of thiol groups is 1. The quantitative estimate of drug-likeness (QED) is 0.359. The summed E-state index contributed by atoms with van der Waals surface area (Å²) in [6.07, 6.45) is 0. The number of carbonyl (C=O) groups is 1. The summed E-state index contributed by atoms with van der Waals surface area (Å²) in [4.78, 5) is 11.3. The molecular weight excluding hydrogens is 121 g/mol. The molecule has 0 bridgehead atoms. The van der Waals surface area contributed by atoms with Gasteiger partial charge in [-0.25, -0.2) is 0 Å². The first-order valence-electron chi connectivity index (χ1n) is 1.55. The third-order valence-corrected chi connectivity index (χ3v) is 0.783. The molecular formula is C3H8NNaOS. The van der Waals surface area contributed by atoms with Gasteiger partial charge in [0.1, 0.15) is 0 Å². The summed E-state index contributed by atoms with van der Waals surface area (Å²) in [5, 5.41) is -0.213. The van der Waals surface area contributed by atoms with Gasteiger partial charge in [0.05, 0.1) is 0 Å². The Hall–Kier alpha value is 0.820. The van der Waals surface area contributed by atoms with E-state index in [0.717, 1.165) is 0 Å². The van der Waals surface area contributed by atoms with Crippen molar-refractivity contribution in [1.29, 1.82) is 0 Å². The second-order valence-corrected chi connectivity index (χ2v) is 1.56. The van der Waals surface area contributed by atoms with Crippen LogP contribution in [0.5, 0.6) is 0 Å². The standard InChI is InChI=1S/C3H7NOS.Na.H/c1-4(2)3(5)6;;/h1-2H3,(H,5,6);;. The van der Waals surface area contributed by atoms with Crippen LogP contribution in [0.3, 0.4) is 0 Å². The second-order valence-electron chi connectivity index (χ2n) is 1.18. The molecule has 0 aromatic carbocycles. The molecule has 0 radical (unpaired) electrons. The molecule has 2 nitrogen and oxygen atoms in total. The SMILES string of the molecule is CN(C)C(=O)S.[NaH]. The number of hydrogen-bond donors (Lipinski definition) is 1. The Morgan fingerprint density at radius 2 is 1.71 bits per heavy atom. The molecule has 0 heterocycles. The molecule has 0 fully saturated rings. The van der Waals surface area contributed by atoms with E-state index >= 15 is 0 Å². The van der Waals surface area contributed by atoms with Crippen molar-refractivity contribution in [3.05, 3.63) is 0 Å². The maximum atomic E-state index is 9.93. The van der Waals surface area contributed by atoms with Gasteiger partial charge < -0.3 is 4.90 Å². The number of rotatable bonds is 0. The number of hydrogen-bond acceptors (Lipinski definition) is 1. The molecule has 0 aromatic rings. The van der Waals surface area contributed by atoms with Gasteiger partial charge in [-0.15, -0.1) is 0 Å². The van der Waals surface area contributed by atoms with Crippen LogP contribution in [-0.4, -0.2) is 53.8 Å². The van der Waals surface area contributed by atoms with Crippen LogP contribution in [0.15, 0.2) is 0 Å². The van der Waals surface area contributed by atoms with Gasteiger partial charge in [0.2, 0.25) is 0 Å². The maximum absolute atomic E-state index is 9.93. The predicted molar refractivity (Wildman–Crippen MR) is 35.2 cm³/mol. The zero-order chi connectivity index (χ0) is 5.15. The summed E-state index contributed by atoms with van der Waals surface area (Å²) in [6, 6.07) is 0. The van der Waals surface area contributed by atoms with Gasteiger partial charge in [-0.2, -0.15) is 0 Å². The van der Waals surface area contributed by atoms with Gasteiger partial charge in [0.15, 0.2) is 0 Å². The number of amides is 1. The van der Waals surface area contributed by atoms with Gasteiger partial charge >= 0.3 is 29.6 Å². The number of nitrogens with zero attached hydrogens (tertiary/aromatic N) is 1. The van der Waals surface area contributed by atoms with Crippen LogP contribution in [0.25, 0.3) is 0 Å². The second kappa shape index (κ2) is 4.97. The van der Waals surface area contributed by atoms with Crippen molar-refractivity contribution >= 4 is 47.4 Å². The average molecular weight is 129 g/mol. The fraction of sp³-hybridized carbons (Fsp3) is 0.667. The third-order valence-electron chi connectivity index (χ3n) is 0.383. The van der Waals surface area contributed by atoms with E-state index in [9.17, 15) is 4.79 Å². The van der Waals surface area contributed by atoms with Crippen molar-refractivity contribution in [3.8, 4) is 0 Å². The van der Waals surface area contributed by atoms with E-state index in [-0.39, 0.29) is 34.8 Å². The van der Waals surface area contributed by atoms with E-state index in [1.54, 1.807) is 14.1 Å². The number of carbonyl (C=O) groups excluding carboxylic acids is 1. The molecule has 0 N–H and O–H groups in total. The monoisotopic (exact) mass is 129 g/mol. The molecule has 0 spiro atoms. The normalized spacial score (nSPS) is 6.71. The van der Waals surface area contributed by atoms with Gasteiger partial charge in [-0.05, 0) is 0 Å². The summed E-state index contributed by atoms with van der Waals surface area (Å²) in [5.74, 6) is 0. The first-order valence-corrected chi connectivity index (χ1v) is 1.99. The molecule has 0 aromatic heterocycles. The Bertz CT molecular complexity index is 66.0. The van der Waals surface area contributed by atoms with Gasteiger partial charge in [0, 0.05) is 14.1 Å². The first kappa shape index (κ1) is 10.7. The average Bonchev–Trinajstić information content (AvgIpc) is 1.36. The van der Waals surface area contributed by atoms with Crippen LogP contribution in [0.4, 0.5) is 4.79 Å². The molecule has 1 amide bonds.